The zero-order chi connectivity index (χ0) is 10.4. The van der Waals surface area contributed by atoms with Gasteiger partial charge in [-0.1, -0.05) is 26.8 Å². The van der Waals surface area contributed by atoms with Crippen molar-refractivity contribution in [1.82, 2.24) is 4.90 Å². The van der Waals surface area contributed by atoms with Gasteiger partial charge in [0.1, 0.15) is 0 Å². The first-order chi connectivity index (χ1) is 5.99. The van der Waals surface area contributed by atoms with Crippen molar-refractivity contribution < 1.29 is 0 Å². The molecule has 0 spiro atoms. The van der Waals surface area contributed by atoms with E-state index in [2.05, 4.69) is 46.2 Å². The molecule has 0 aliphatic carbocycles. The first-order valence-corrected chi connectivity index (χ1v) is 5.39. The molecule has 0 aromatic heterocycles. The van der Waals surface area contributed by atoms with Crippen molar-refractivity contribution in [3.05, 3.63) is 12.3 Å². The lowest BCUT2D eigenvalue weighted by molar-refractivity contribution is 0.324. The zero-order valence-electron chi connectivity index (χ0n) is 9.93. The third-order valence-corrected chi connectivity index (χ3v) is 2.90. The quantitative estimate of drug-likeness (QED) is 0.607. The largest absolute Gasteiger partial charge is 0.376 e. The smallest absolute Gasteiger partial charge is 0.0226 e. The van der Waals surface area contributed by atoms with Crippen LogP contribution in [0, 0.1) is 5.92 Å². The van der Waals surface area contributed by atoms with Crippen LogP contribution in [0.1, 0.15) is 47.0 Å². The summed E-state index contributed by atoms with van der Waals surface area (Å²) in [5, 5.41) is 0. The number of allylic oxidation sites excluding steroid dienone is 1. The molecule has 0 unspecified atom stereocenters. The van der Waals surface area contributed by atoms with Crippen molar-refractivity contribution in [3.8, 4) is 0 Å². The van der Waals surface area contributed by atoms with Crippen LogP contribution in [0.4, 0.5) is 0 Å². The van der Waals surface area contributed by atoms with Crippen molar-refractivity contribution in [2.75, 3.05) is 7.05 Å². The van der Waals surface area contributed by atoms with E-state index in [0.717, 1.165) is 12.3 Å². The van der Waals surface area contributed by atoms with Crippen LogP contribution in [0.2, 0.25) is 0 Å². The van der Waals surface area contributed by atoms with Gasteiger partial charge in [-0.05, 0) is 32.6 Å². The predicted octanol–water partition coefficient (Wildman–Crippen LogP) is 3.67. The van der Waals surface area contributed by atoms with E-state index in [-0.39, 0.29) is 0 Å². The van der Waals surface area contributed by atoms with Gasteiger partial charge in [-0.15, -0.1) is 0 Å². The third-order valence-electron chi connectivity index (χ3n) is 2.90. The average Bonchev–Trinajstić information content (AvgIpc) is 2.11. The topological polar surface area (TPSA) is 3.24 Å². The van der Waals surface area contributed by atoms with Gasteiger partial charge in [-0.25, -0.2) is 0 Å². The summed E-state index contributed by atoms with van der Waals surface area (Å²) < 4.78 is 0. The monoisotopic (exact) mass is 183 g/mol. The molecule has 0 saturated heterocycles. The van der Waals surface area contributed by atoms with Crippen LogP contribution >= 0.6 is 0 Å². The summed E-state index contributed by atoms with van der Waals surface area (Å²) >= 11 is 0. The SMILES string of the molecule is C=C(CC[C@H](C)CC)N(C)C(C)C. The molecule has 0 rings (SSSR count). The second-order valence-corrected chi connectivity index (χ2v) is 4.32. The Morgan fingerprint density at radius 3 is 2.23 bits per heavy atom. The van der Waals surface area contributed by atoms with Gasteiger partial charge in [0.15, 0.2) is 0 Å². The third kappa shape index (κ3) is 4.97. The molecule has 0 fully saturated rings. The van der Waals surface area contributed by atoms with Gasteiger partial charge in [0.05, 0.1) is 0 Å². The number of rotatable bonds is 6. The summed E-state index contributed by atoms with van der Waals surface area (Å²) in [5.41, 5.74) is 1.27. The maximum atomic E-state index is 4.11. The Kier molecular flexibility index (Phi) is 5.85. The molecule has 0 saturated carbocycles. The standard InChI is InChI=1S/C12H25N/c1-7-11(4)8-9-12(5)13(6)10(2)3/h10-11H,5,7-9H2,1-4,6H3/t11-/m1/s1. The molecule has 1 nitrogen and oxygen atoms in total. The maximum Gasteiger partial charge on any atom is 0.0226 e. The average molecular weight is 183 g/mol. The highest BCUT2D eigenvalue weighted by atomic mass is 15.1. The molecule has 13 heavy (non-hydrogen) atoms. The molecule has 0 aromatic rings. The highest BCUT2D eigenvalue weighted by Gasteiger charge is 2.07. The van der Waals surface area contributed by atoms with Gasteiger partial charge in [-0.2, -0.15) is 0 Å². The van der Waals surface area contributed by atoms with Gasteiger partial charge in [-0.3, -0.25) is 0 Å². The van der Waals surface area contributed by atoms with E-state index in [9.17, 15) is 0 Å². The Balaban J connectivity index is 3.74. The van der Waals surface area contributed by atoms with E-state index in [4.69, 9.17) is 0 Å². The molecule has 0 radical (unpaired) electrons. The Morgan fingerprint density at radius 2 is 1.85 bits per heavy atom. The Morgan fingerprint density at radius 1 is 1.31 bits per heavy atom. The van der Waals surface area contributed by atoms with Crippen LogP contribution < -0.4 is 0 Å². The van der Waals surface area contributed by atoms with Gasteiger partial charge >= 0.3 is 0 Å². The van der Waals surface area contributed by atoms with E-state index >= 15 is 0 Å². The molecule has 1 heteroatoms. The van der Waals surface area contributed by atoms with E-state index in [1.165, 1.54) is 18.5 Å². The molecule has 0 heterocycles. The number of hydrogen-bond acceptors (Lipinski definition) is 1. The van der Waals surface area contributed by atoms with Crippen LogP contribution in [-0.2, 0) is 0 Å². The summed E-state index contributed by atoms with van der Waals surface area (Å²) in [6.45, 7) is 13.1. The molecule has 1 atom stereocenters. The van der Waals surface area contributed by atoms with Crippen molar-refractivity contribution in [2.24, 2.45) is 5.92 Å². The second kappa shape index (κ2) is 6.06. The van der Waals surface area contributed by atoms with E-state index in [1.807, 2.05) is 0 Å². The lowest BCUT2D eigenvalue weighted by Gasteiger charge is -2.26. The fourth-order valence-electron chi connectivity index (χ4n) is 1.16. The minimum absolute atomic E-state index is 0.574. The van der Waals surface area contributed by atoms with Crippen LogP contribution in [0.5, 0.6) is 0 Å². The summed E-state index contributed by atoms with van der Waals surface area (Å²) in [7, 11) is 2.13. The first-order valence-electron chi connectivity index (χ1n) is 5.39. The molecule has 0 aromatic carbocycles. The van der Waals surface area contributed by atoms with Crippen LogP contribution in [0.25, 0.3) is 0 Å². The predicted molar refractivity (Wildman–Crippen MR) is 60.7 cm³/mol. The fraction of sp³-hybridized carbons (Fsp3) is 0.833. The maximum absolute atomic E-state index is 4.11. The molecule has 0 aliphatic heterocycles. The summed E-state index contributed by atoms with van der Waals surface area (Å²) in [6, 6.07) is 0.574. The van der Waals surface area contributed by atoms with Crippen LogP contribution in [0.15, 0.2) is 12.3 Å². The molecule has 0 N–H and O–H groups in total. The van der Waals surface area contributed by atoms with Gasteiger partial charge < -0.3 is 4.90 Å². The minimum atomic E-state index is 0.574. The number of hydrogen-bond donors (Lipinski definition) is 0. The minimum Gasteiger partial charge on any atom is -0.376 e. The van der Waals surface area contributed by atoms with Crippen molar-refractivity contribution >= 4 is 0 Å². The van der Waals surface area contributed by atoms with E-state index in [0.29, 0.717) is 6.04 Å². The second-order valence-electron chi connectivity index (χ2n) is 4.32. The van der Waals surface area contributed by atoms with Gasteiger partial charge in [0.2, 0.25) is 0 Å². The molecule has 0 amide bonds. The molecular formula is C12H25N. The molecule has 0 bridgehead atoms. The van der Waals surface area contributed by atoms with Gasteiger partial charge in [0.25, 0.3) is 0 Å². The highest BCUT2D eigenvalue weighted by molar-refractivity contribution is 4.93. The Labute approximate surface area is 83.8 Å². The lowest BCUT2D eigenvalue weighted by Crippen LogP contribution is -2.25. The normalized spacial score (nSPS) is 13.1. The van der Waals surface area contributed by atoms with Crippen molar-refractivity contribution in [1.29, 1.82) is 0 Å². The highest BCUT2D eigenvalue weighted by Crippen LogP contribution is 2.16. The van der Waals surface area contributed by atoms with Crippen LogP contribution in [-0.4, -0.2) is 18.0 Å². The van der Waals surface area contributed by atoms with Crippen molar-refractivity contribution in [3.63, 3.8) is 0 Å². The zero-order valence-corrected chi connectivity index (χ0v) is 9.93. The summed E-state index contributed by atoms with van der Waals surface area (Å²) in [4.78, 5) is 2.27. The summed E-state index contributed by atoms with van der Waals surface area (Å²) in [5.74, 6) is 0.831. The molecule has 78 valence electrons. The first kappa shape index (κ1) is 12.5. The van der Waals surface area contributed by atoms with Crippen LogP contribution in [0.3, 0.4) is 0 Å². The van der Waals surface area contributed by atoms with E-state index in [1.54, 1.807) is 0 Å². The summed E-state index contributed by atoms with van der Waals surface area (Å²) in [6.07, 6.45) is 3.69. The van der Waals surface area contributed by atoms with E-state index < -0.39 is 0 Å². The molecular weight excluding hydrogens is 158 g/mol. The Hall–Kier alpha value is -0.460. The van der Waals surface area contributed by atoms with Gasteiger partial charge in [0, 0.05) is 18.8 Å². The lowest BCUT2D eigenvalue weighted by atomic mass is 10.0. The van der Waals surface area contributed by atoms with Crippen molar-refractivity contribution in [2.45, 2.75) is 53.0 Å². The number of nitrogens with zero attached hydrogens (tertiary/aromatic N) is 1. The Bertz CT molecular complexity index is 149. The fourth-order valence-corrected chi connectivity index (χ4v) is 1.16. The molecule has 0 aliphatic rings.